The van der Waals surface area contributed by atoms with E-state index in [1.165, 1.54) is 19.3 Å². The Labute approximate surface area is 269 Å². The van der Waals surface area contributed by atoms with E-state index in [1.54, 1.807) is 20.8 Å². The maximum absolute atomic E-state index is 15.6. The fourth-order valence-electron chi connectivity index (χ4n) is 4.60. The highest BCUT2D eigenvalue weighted by molar-refractivity contribution is 7.90. The first-order valence-corrected chi connectivity index (χ1v) is 16.2. The standard InChI is InChI=1S/C29H38F3N7O7S/c1-29(2,3)46-28(41)34-9-12-45-14-13-44-11-8-33-27-35-16-18-15-20(26(40)38(4)25(18)36-27)23-21(31)5-6-22(24(23)32)37-47(42,43)39-10-7-19(30)17-39/h5-6,15-16,19,37H,7-14,17H2,1-4H3,(H,34,41)(H,33,35,36)/t19-/m1/s1. The number of anilines is 2. The summed E-state index contributed by atoms with van der Waals surface area (Å²) < 4.78 is 89.4. The summed E-state index contributed by atoms with van der Waals surface area (Å²) in [4.78, 5) is 33.4. The fourth-order valence-corrected chi connectivity index (χ4v) is 5.86. The zero-order valence-corrected chi connectivity index (χ0v) is 27.3. The normalized spacial score (nSPS) is 15.6. The number of amides is 1. The maximum Gasteiger partial charge on any atom is 0.407 e. The van der Waals surface area contributed by atoms with Crippen molar-refractivity contribution in [2.24, 2.45) is 7.05 Å². The van der Waals surface area contributed by atoms with E-state index in [-0.39, 0.29) is 55.3 Å². The minimum atomic E-state index is -4.32. The Kier molecular flexibility index (Phi) is 11.6. The second-order valence-corrected chi connectivity index (χ2v) is 13.3. The molecule has 1 saturated heterocycles. The number of halogens is 3. The number of alkyl carbamates (subject to hydrolysis) is 1. The SMILES string of the molecule is Cn1c(=O)c(-c2c(F)ccc(NS(=O)(=O)N3CC[C@@H](F)C3)c2F)cc2cnc(NCCOCCOCCNC(=O)OC(C)(C)C)nc21. The molecule has 0 bridgehead atoms. The van der Waals surface area contributed by atoms with Gasteiger partial charge >= 0.3 is 16.3 Å². The minimum Gasteiger partial charge on any atom is -0.444 e. The molecule has 14 nitrogen and oxygen atoms in total. The van der Waals surface area contributed by atoms with E-state index in [4.69, 9.17) is 14.2 Å². The third-order valence-electron chi connectivity index (χ3n) is 6.80. The Bertz CT molecular complexity index is 1750. The van der Waals surface area contributed by atoms with Gasteiger partial charge in [0.15, 0.2) is 5.82 Å². The molecule has 1 aliphatic rings. The summed E-state index contributed by atoms with van der Waals surface area (Å²) in [6.45, 7) is 6.63. The molecule has 47 heavy (non-hydrogen) atoms. The highest BCUT2D eigenvalue weighted by Gasteiger charge is 2.32. The van der Waals surface area contributed by atoms with Crippen molar-refractivity contribution in [3.8, 4) is 11.1 Å². The van der Waals surface area contributed by atoms with Crippen LogP contribution >= 0.6 is 0 Å². The molecule has 0 aliphatic carbocycles. The average molecular weight is 686 g/mol. The molecule has 0 spiro atoms. The summed E-state index contributed by atoms with van der Waals surface area (Å²) in [7, 11) is -2.95. The summed E-state index contributed by atoms with van der Waals surface area (Å²) in [5.74, 6) is -2.21. The molecule has 3 heterocycles. The molecule has 258 valence electrons. The first-order chi connectivity index (χ1) is 22.2. The van der Waals surface area contributed by atoms with E-state index in [1.807, 2.05) is 4.72 Å². The van der Waals surface area contributed by atoms with Crippen LogP contribution in [0, 0.1) is 11.6 Å². The van der Waals surface area contributed by atoms with Gasteiger partial charge in [-0.3, -0.25) is 14.1 Å². The smallest absolute Gasteiger partial charge is 0.407 e. The summed E-state index contributed by atoms with van der Waals surface area (Å²) >= 11 is 0. The van der Waals surface area contributed by atoms with Gasteiger partial charge in [-0.1, -0.05) is 0 Å². The average Bonchev–Trinajstić information content (AvgIpc) is 3.44. The summed E-state index contributed by atoms with van der Waals surface area (Å²) in [5.41, 5.74) is -2.89. The van der Waals surface area contributed by atoms with E-state index in [9.17, 15) is 26.8 Å². The number of carbonyl (C=O) groups excluding carboxylic acids is 1. The number of aryl methyl sites for hydroxylation is 1. The molecule has 2 aromatic heterocycles. The fraction of sp³-hybridized carbons (Fsp3) is 0.517. The van der Waals surface area contributed by atoms with E-state index in [0.29, 0.717) is 26.3 Å². The monoisotopic (exact) mass is 685 g/mol. The third kappa shape index (κ3) is 9.52. The number of rotatable bonds is 14. The molecule has 1 aromatic carbocycles. The summed E-state index contributed by atoms with van der Waals surface area (Å²) in [6.07, 6.45) is -0.483. The molecule has 3 aromatic rings. The van der Waals surface area contributed by atoms with Crippen LogP contribution in [0.5, 0.6) is 0 Å². The topological polar surface area (TPSA) is 166 Å². The second-order valence-electron chi connectivity index (χ2n) is 11.6. The first-order valence-electron chi connectivity index (χ1n) is 14.8. The molecule has 0 unspecified atom stereocenters. The van der Waals surface area contributed by atoms with Crippen molar-refractivity contribution >= 4 is 39.0 Å². The van der Waals surface area contributed by atoms with Crippen LogP contribution in [0.4, 0.5) is 29.6 Å². The van der Waals surface area contributed by atoms with Gasteiger partial charge in [0.05, 0.1) is 43.2 Å². The highest BCUT2D eigenvalue weighted by Crippen LogP contribution is 2.31. The zero-order chi connectivity index (χ0) is 34.4. The van der Waals surface area contributed by atoms with Gasteiger partial charge in [-0.15, -0.1) is 0 Å². The lowest BCUT2D eigenvalue weighted by atomic mass is 10.0. The van der Waals surface area contributed by atoms with E-state index in [2.05, 4.69) is 20.6 Å². The van der Waals surface area contributed by atoms with Crippen molar-refractivity contribution in [2.75, 3.05) is 62.6 Å². The highest BCUT2D eigenvalue weighted by atomic mass is 32.2. The zero-order valence-electron chi connectivity index (χ0n) is 26.4. The molecule has 3 N–H and O–H groups in total. The van der Waals surface area contributed by atoms with E-state index < -0.39 is 56.5 Å². The summed E-state index contributed by atoms with van der Waals surface area (Å²) in [5, 5.41) is 5.84. The molecule has 0 saturated carbocycles. The number of aromatic nitrogens is 3. The van der Waals surface area contributed by atoms with Gasteiger partial charge in [-0.25, -0.2) is 22.9 Å². The van der Waals surface area contributed by atoms with Crippen LogP contribution in [-0.2, 0) is 31.5 Å². The van der Waals surface area contributed by atoms with Crippen LogP contribution in [-0.4, -0.2) is 97.7 Å². The maximum atomic E-state index is 15.6. The molecule has 1 fully saturated rings. The predicted molar refractivity (Wildman–Crippen MR) is 168 cm³/mol. The predicted octanol–water partition coefficient (Wildman–Crippen LogP) is 2.94. The van der Waals surface area contributed by atoms with Crippen molar-refractivity contribution in [3.63, 3.8) is 0 Å². The van der Waals surface area contributed by atoms with Crippen LogP contribution in [0.25, 0.3) is 22.2 Å². The van der Waals surface area contributed by atoms with Crippen LogP contribution < -0.4 is 20.9 Å². The number of hydrogen-bond acceptors (Lipinski definition) is 10. The number of benzene rings is 1. The van der Waals surface area contributed by atoms with Gasteiger partial charge in [0.1, 0.15) is 23.2 Å². The molecular weight excluding hydrogens is 647 g/mol. The number of ether oxygens (including phenoxy) is 3. The number of alkyl halides is 1. The second kappa shape index (κ2) is 15.3. The number of carbonyl (C=O) groups is 1. The van der Waals surface area contributed by atoms with Gasteiger partial charge < -0.3 is 24.8 Å². The molecule has 18 heteroatoms. The number of hydrogen-bond donors (Lipinski definition) is 3. The van der Waals surface area contributed by atoms with Crippen molar-refractivity contribution in [1.29, 1.82) is 0 Å². The molecule has 1 atom stereocenters. The number of nitrogens with zero attached hydrogens (tertiary/aromatic N) is 4. The van der Waals surface area contributed by atoms with Crippen molar-refractivity contribution in [3.05, 3.63) is 46.4 Å². The molecule has 1 amide bonds. The Balaban J connectivity index is 1.33. The minimum absolute atomic E-state index is 0.00686. The molecule has 1 aliphatic heterocycles. The first kappa shape index (κ1) is 35.8. The van der Waals surface area contributed by atoms with E-state index >= 15 is 4.39 Å². The molecule has 4 rings (SSSR count). The van der Waals surface area contributed by atoms with Crippen molar-refractivity contribution in [1.82, 2.24) is 24.2 Å². The van der Waals surface area contributed by atoms with Gasteiger partial charge in [0, 0.05) is 44.8 Å². The lowest BCUT2D eigenvalue weighted by Gasteiger charge is -2.19. The number of nitrogens with one attached hydrogen (secondary N) is 3. The Morgan fingerprint density at radius 3 is 2.47 bits per heavy atom. The van der Waals surface area contributed by atoms with Crippen molar-refractivity contribution < 1.29 is 40.6 Å². The number of fused-ring (bicyclic) bond motifs is 1. The third-order valence-corrected chi connectivity index (χ3v) is 8.29. The molecule has 0 radical (unpaired) electrons. The van der Waals surface area contributed by atoms with E-state index in [0.717, 1.165) is 21.0 Å². The quantitative estimate of drug-likeness (QED) is 0.215. The van der Waals surface area contributed by atoms with Gasteiger partial charge in [0.25, 0.3) is 5.56 Å². The van der Waals surface area contributed by atoms with Gasteiger partial charge in [-0.2, -0.15) is 17.7 Å². The van der Waals surface area contributed by atoms with Crippen LogP contribution in [0.15, 0.2) is 29.2 Å². The largest absolute Gasteiger partial charge is 0.444 e. The summed E-state index contributed by atoms with van der Waals surface area (Å²) in [6, 6.07) is 2.95. The van der Waals surface area contributed by atoms with Crippen LogP contribution in [0.1, 0.15) is 27.2 Å². The molecular formula is C29H38F3N7O7S. The lowest BCUT2D eigenvalue weighted by Crippen LogP contribution is -2.34. The van der Waals surface area contributed by atoms with Gasteiger partial charge in [0.2, 0.25) is 5.95 Å². The van der Waals surface area contributed by atoms with Crippen molar-refractivity contribution in [2.45, 2.75) is 39.0 Å². The van der Waals surface area contributed by atoms with Gasteiger partial charge in [-0.05, 0) is 45.4 Å². The Hall–Kier alpha value is -4.00. The lowest BCUT2D eigenvalue weighted by molar-refractivity contribution is 0.0415. The Morgan fingerprint density at radius 2 is 1.81 bits per heavy atom. The number of pyridine rings is 1. The Morgan fingerprint density at radius 1 is 1.11 bits per heavy atom. The van der Waals surface area contributed by atoms with Crippen LogP contribution in [0.2, 0.25) is 0 Å². The van der Waals surface area contributed by atoms with Crippen LogP contribution in [0.3, 0.4) is 0 Å².